The van der Waals surface area contributed by atoms with Crippen LogP contribution in [0.4, 0.5) is 0 Å². The van der Waals surface area contributed by atoms with E-state index in [1.54, 1.807) is 18.3 Å². The second kappa shape index (κ2) is 10.4. The molecule has 0 radical (unpaired) electrons. The summed E-state index contributed by atoms with van der Waals surface area (Å²) >= 11 is 3.43. The van der Waals surface area contributed by atoms with Gasteiger partial charge in [-0.15, -0.1) is 0 Å². The molecule has 34 heavy (non-hydrogen) atoms. The van der Waals surface area contributed by atoms with Gasteiger partial charge in [0.05, 0.1) is 28.8 Å². The molecule has 4 rings (SSSR count). The number of ether oxygens (including phenoxy) is 1. The maximum Gasteiger partial charge on any atom is 0.282 e. The molecule has 0 saturated carbocycles. The van der Waals surface area contributed by atoms with Crippen molar-refractivity contribution < 1.29 is 4.74 Å². The highest BCUT2D eigenvalue weighted by atomic mass is 79.9. The summed E-state index contributed by atoms with van der Waals surface area (Å²) in [6, 6.07) is 22.5. The van der Waals surface area contributed by atoms with Gasteiger partial charge in [0.1, 0.15) is 18.2 Å². The summed E-state index contributed by atoms with van der Waals surface area (Å²) in [7, 11) is 0. The Kier molecular flexibility index (Phi) is 7.19. The number of nitrogens with zero attached hydrogens (tertiary/aromatic N) is 4. The molecule has 1 aromatic heterocycles. The number of rotatable bonds is 7. The van der Waals surface area contributed by atoms with E-state index in [0.29, 0.717) is 33.6 Å². The molecule has 170 valence electrons. The fraction of sp³-hybridized carbons (Fsp3) is 0.185. The Labute approximate surface area is 206 Å². The predicted molar refractivity (Wildman–Crippen MR) is 137 cm³/mol. The summed E-state index contributed by atoms with van der Waals surface area (Å²) in [6.07, 6.45) is 2.44. The van der Waals surface area contributed by atoms with Gasteiger partial charge in [-0.25, -0.2) is 4.98 Å². The Morgan fingerprint density at radius 1 is 1.18 bits per heavy atom. The maximum atomic E-state index is 13.3. The monoisotopic (exact) mass is 514 g/mol. The van der Waals surface area contributed by atoms with Crippen molar-refractivity contribution in [2.45, 2.75) is 32.8 Å². The lowest BCUT2D eigenvalue weighted by Gasteiger charge is -2.14. The van der Waals surface area contributed by atoms with Gasteiger partial charge in [0.15, 0.2) is 0 Å². The van der Waals surface area contributed by atoms with Crippen LogP contribution >= 0.6 is 15.9 Å². The summed E-state index contributed by atoms with van der Waals surface area (Å²) in [6.45, 7) is 4.33. The molecular formula is C27H23BrN4O2. The highest BCUT2D eigenvalue weighted by molar-refractivity contribution is 9.10. The standard InChI is InChI=1S/C27H23BrN4O2/c1-3-18(2)26-31-24-13-12-22(28)14-23(24)27(33)32(26)30-16-20-9-6-7-11-25(20)34-17-21-10-5-4-8-19(21)15-29/h4-14,16,18H,3,17H2,1-2H3/t18-/m1/s1. The molecule has 4 aromatic rings. The molecule has 0 aliphatic carbocycles. The van der Waals surface area contributed by atoms with Crippen molar-refractivity contribution >= 4 is 33.0 Å². The molecule has 3 aromatic carbocycles. The average Bonchev–Trinajstić information content (AvgIpc) is 2.87. The number of halogens is 1. The number of fused-ring (bicyclic) bond motifs is 1. The number of hydrogen-bond acceptors (Lipinski definition) is 5. The third-order valence-corrected chi connectivity index (χ3v) is 6.13. The summed E-state index contributed by atoms with van der Waals surface area (Å²) in [5.74, 6) is 1.26. The third kappa shape index (κ3) is 4.92. The first-order chi connectivity index (χ1) is 16.5. The summed E-state index contributed by atoms with van der Waals surface area (Å²) in [5.41, 5.74) is 2.52. The number of nitriles is 1. The van der Waals surface area contributed by atoms with Crippen molar-refractivity contribution in [3.8, 4) is 11.8 Å². The van der Waals surface area contributed by atoms with E-state index < -0.39 is 0 Å². The molecule has 0 aliphatic rings. The Morgan fingerprint density at radius 2 is 1.94 bits per heavy atom. The minimum Gasteiger partial charge on any atom is -0.488 e. The van der Waals surface area contributed by atoms with Gasteiger partial charge in [0.2, 0.25) is 0 Å². The highest BCUT2D eigenvalue weighted by Gasteiger charge is 2.16. The molecule has 6 nitrogen and oxygen atoms in total. The molecule has 1 atom stereocenters. The van der Waals surface area contributed by atoms with E-state index in [4.69, 9.17) is 9.72 Å². The molecule has 0 aliphatic heterocycles. The Morgan fingerprint density at radius 3 is 2.74 bits per heavy atom. The summed E-state index contributed by atoms with van der Waals surface area (Å²) in [4.78, 5) is 18.1. The molecule has 0 bridgehead atoms. The van der Waals surface area contributed by atoms with E-state index in [0.717, 1.165) is 16.5 Å². The second-order valence-electron chi connectivity index (χ2n) is 7.90. The quantitative estimate of drug-likeness (QED) is 0.283. The fourth-order valence-electron chi connectivity index (χ4n) is 3.53. The zero-order valence-electron chi connectivity index (χ0n) is 18.9. The molecular weight excluding hydrogens is 492 g/mol. The van der Waals surface area contributed by atoms with Crippen molar-refractivity contribution in [3.05, 3.63) is 104 Å². The van der Waals surface area contributed by atoms with Gasteiger partial charge in [-0.2, -0.15) is 15.0 Å². The van der Waals surface area contributed by atoms with Crippen LogP contribution in [0.5, 0.6) is 5.75 Å². The molecule has 0 unspecified atom stereocenters. The number of aromatic nitrogens is 2. The van der Waals surface area contributed by atoms with Gasteiger partial charge in [-0.1, -0.05) is 60.1 Å². The van der Waals surface area contributed by atoms with Crippen LogP contribution in [0.3, 0.4) is 0 Å². The van der Waals surface area contributed by atoms with E-state index in [9.17, 15) is 10.1 Å². The Hall–Kier alpha value is -3.76. The van der Waals surface area contributed by atoms with Crippen LogP contribution < -0.4 is 10.3 Å². The lowest BCUT2D eigenvalue weighted by atomic mass is 10.1. The van der Waals surface area contributed by atoms with Crippen molar-refractivity contribution in [3.63, 3.8) is 0 Å². The molecule has 0 saturated heterocycles. The molecule has 0 amide bonds. The first-order valence-electron chi connectivity index (χ1n) is 11.0. The van der Waals surface area contributed by atoms with Crippen LogP contribution in [0, 0.1) is 11.3 Å². The van der Waals surface area contributed by atoms with E-state index in [2.05, 4.69) is 34.0 Å². The number of hydrogen-bond donors (Lipinski definition) is 0. The topological polar surface area (TPSA) is 80.3 Å². The van der Waals surface area contributed by atoms with Crippen LogP contribution in [-0.2, 0) is 6.61 Å². The van der Waals surface area contributed by atoms with Crippen LogP contribution in [0.25, 0.3) is 10.9 Å². The lowest BCUT2D eigenvalue weighted by molar-refractivity contribution is 0.305. The minimum absolute atomic E-state index is 0.0480. The second-order valence-corrected chi connectivity index (χ2v) is 8.81. The smallest absolute Gasteiger partial charge is 0.282 e. The molecule has 0 fully saturated rings. The third-order valence-electron chi connectivity index (χ3n) is 5.64. The zero-order chi connectivity index (χ0) is 24.1. The Bertz CT molecular complexity index is 1470. The van der Waals surface area contributed by atoms with Crippen molar-refractivity contribution in [2.75, 3.05) is 0 Å². The SMILES string of the molecule is CC[C@@H](C)c1nc2ccc(Br)cc2c(=O)n1N=Cc1ccccc1OCc1ccccc1C#N. The van der Waals surface area contributed by atoms with E-state index >= 15 is 0 Å². The van der Waals surface area contributed by atoms with Crippen molar-refractivity contribution in [2.24, 2.45) is 5.10 Å². The Balaban J connectivity index is 1.72. The van der Waals surface area contributed by atoms with Gasteiger partial charge in [-0.05, 0) is 42.8 Å². The van der Waals surface area contributed by atoms with E-state index in [1.165, 1.54) is 4.68 Å². The zero-order valence-corrected chi connectivity index (χ0v) is 20.5. The average molecular weight is 515 g/mol. The van der Waals surface area contributed by atoms with E-state index in [-0.39, 0.29) is 18.1 Å². The molecule has 7 heteroatoms. The minimum atomic E-state index is -0.223. The molecule has 0 spiro atoms. The van der Waals surface area contributed by atoms with Gasteiger partial charge in [0, 0.05) is 21.5 Å². The first-order valence-corrected chi connectivity index (χ1v) is 11.8. The predicted octanol–water partition coefficient (Wildman–Crippen LogP) is 6.01. The number of benzene rings is 3. The molecule has 0 N–H and O–H groups in total. The fourth-order valence-corrected chi connectivity index (χ4v) is 3.89. The number of para-hydroxylation sites is 1. The van der Waals surface area contributed by atoms with Gasteiger partial charge in [-0.3, -0.25) is 4.79 Å². The molecule has 1 heterocycles. The van der Waals surface area contributed by atoms with Gasteiger partial charge >= 0.3 is 0 Å². The lowest BCUT2D eigenvalue weighted by Crippen LogP contribution is -2.23. The van der Waals surface area contributed by atoms with E-state index in [1.807, 2.05) is 61.5 Å². The maximum absolute atomic E-state index is 13.3. The van der Waals surface area contributed by atoms with Gasteiger partial charge in [0.25, 0.3) is 5.56 Å². The first kappa shape index (κ1) is 23.4. The van der Waals surface area contributed by atoms with Crippen LogP contribution in [-0.4, -0.2) is 15.9 Å². The van der Waals surface area contributed by atoms with Crippen LogP contribution in [0.2, 0.25) is 0 Å². The summed E-state index contributed by atoms with van der Waals surface area (Å²) in [5, 5.41) is 14.4. The van der Waals surface area contributed by atoms with Crippen LogP contribution in [0.15, 0.2) is 81.1 Å². The van der Waals surface area contributed by atoms with Crippen molar-refractivity contribution in [1.82, 2.24) is 9.66 Å². The van der Waals surface area contributed by atoms with Crippen molar-refractivity contribution in [1.29, 1.82) is 5.26 Å². The largest absolute Gasteiger partial charge is 0.488 e. The van der Waals surface area contributed by atoms with Gasteiger partial charge < -0.3 is 4.74 Å². The van der Waals surface area contributed by atoms with Crippen LogP contribution in [0.1, 0.15) is 48.7 Å². The highest BCUT2D eigenvalue weighted by Crippen LogP contribution is 2.22. The normalized spacial score (nSPS) is 12.1. The summed E-state index contributed by atoms with van der Waals surface area (Å²) < 4.78 is 8.20.